The van der Waals surface area contributed by atoms with Crippen LogP contribution in [-0.4, -0.2) is 48.6 Å². The van der Waals surface area contributed by atoms with E-state index in [0.29, 0.717) is 0 Å². The Balaban J connectivity index is 1.87. The van der Waals surface area contributed by atoms with Crippen LogP contribution in [0.1, 0.15) is 59.8 Å². The Morgan fingerprint density at radius 1 is 1.10 bits per heavy atom. The normalized spacial score (nSPS) is 34.8. The van der Waals surface area contributed by atoms with Crippen LogP contribution >= 0.6 is 0 Å². The molecule has 4 atom stereocenters. The molecule has 2 fully saturated rings. The summed E-state index contributed by atoms with van der Waals surface area (Å²) < 4.78 is 0. The molecule has 0 aromatic rings. The van der Waals surface area contributed by atoms with Gasteiger partial charge in [-0.1, -0.05) is 34.1 Å². The van der Waals surface area contributed by atoms with Gasteiger partial charge < -0.3 is 9.80 Å². The molecular formula is C18H36N2. The summed E-state index contributed by atoms with van der Waals surface area (Å²) in [5, 5.41) is 0. The Morgan fingerprint density at radius 2 is 1.85 bits per heavy atom. The molecule has 2 aliphatic heterocycles. The average molecular weight is 280 g/mol. The second kappa shape index (κ2) is 7.26. The highest BCUT2D eigenvalue weighted by Gasteiger charge is 2.35. The molecule has 2 heterocycles. The maximum Gasteiger partial charge on any atom is 0.0121 e. The molecule has 0 saturated carbocycles. The summed E-state index contributed by atoms with van der Waals surface area (Å²) in [7, 11) is 2.34. The summed E-state index contributed by atoms with van der Waals surface area (Å²) in [4.78, 5) is 5.35. The van der Waals surface area contributed by atoms with Crippen LogP contribution in [0.2, 0.25) is 0 Å². The second-order valence-electron chi connectivity index (χ2n) is 7.76. The van der Waals surface area contributed by atoms with Crippen molar-refractivity contribution >= 4 is 0 Å². The third-order valence-electron chi connectivity index (χ3n) is 5.90. The standard InChI is InChI=1S/C18H36N2/c1-6-20-13-16(12-18(20)14(2)3)11-15(4)17-9-7-8-10-19(17)5/h14-18H,6-13H2,1-5H3. The molecule has 4 unspecified atom stereocenters. The maximum atomic E-state index is 2.73. The highest BCUT2D eigenvalue weighted by Crippen LogP contribution is 2.34. The summed E-state index contributed by atoms with van der Waals surface area (Å²) in [6.45, 7) is 13.5. The zero-order valence-electron chi connectivity index (χ0n) is 14.4. The van der Waals surface area contributed by atoms with Gasteiger partial charge in [-0.05, 0) is 63.6 Å². The molecular weight excluding hydrogens is 244 g/mol. The van der Waals surface area contributed by atoms with Gasteiger partial charge in [-0.3, -0.25) is 0 Å². The van der Waals surface area contributed by atoms with Gasteiger partial charge in [-0.2, -0.15) is 0 Å². The maximum absolute atomic E-state index is 2.73. The van der Waals surface area contributed by atoms with Gasteiger partial charge in [-0.15, -0.1) is 0 Å². The molecule has 20 heavy (non-hydrogen) atoms. The second-order valence-corrected chi connectivity index (χ2v) is 7.76. The number of likely N-dealkylation sites (tertiary alicyclic amines) is 2. The lowest BCUT2D eigenvalue weighted by atomic mass is 9.84. The number of hydrogen-bond donors (Lipinski definition) is 0. The molecule has 2 rings (SSSR count). The van der Waals surface area contributed by atoms with Crippen molar-refractivity contribution in [3.8, 4) is 0 Å². The predicted molar refractivity (Wildman–Crippen MR) is 88.0 cm³/mol. The lowest BCUT2D eigenvalue weighted by molar-refractivity contribution is 0.122. The van der Waals surface area contributed by atoms with E-state index in [1.165, 1.54) is 51.7 Å². The molecule has 2 saturated heterocycles. The lowest BCUT2D eigenvalue weighted by Gasteiger charge is -2.37. The fourth-order valence-corrected chi connectivity index (χ4v) is 4.76. The van der Waals surface area contributed by atoms with Crippen LogP contribution in [0.4, 0.5) is 0 Å². The number of nitrogens with zero attached hydrogens (tertiary/aromatic N) is 2. The molecule has 0 amide bonds. The summed E-state index contributed by atoms with van der Waals surface area (Å²) in [5.41, 5.74) is 0. The number of rotatable bonds is 5. The van der Waals surface area contributed by atoms with Crippen LogP contribution in [0.25, 0.3) is 0 Å². The van der Waals surface area contributed by atoms with Crippen molar-refractivity contribution in [1.82, 2.24) is 9.80 Å². The average Bonchev–Trinajstić information content (AvgIpc) is 2.82. The van der Waals surface area contributed by atoms with Gasteiger partial charge in [-0.25, -0.2) is 0 Å². The van der Waals surface area contributed by atoms with Crippen molar-refractivity contribution in [1.29, 1.82) is 0 Å². The van der Waals surface area contributed by atoms with Gasteiger partial charge in [0, 0.05) is 18.6 Å². The zero-order valence-corrected chi connectivity index (χ0v) is 14.4. The quantitative estimate of drug-likeness (QED) is 0.754. The van der Waals surface area contributed by atoms with Gasteiger partial charge in [0.25, 0.3) is 0 Å². The fraction of sp³-hybridized carbons (Fsp3) is 1.00. The molecule has 0 N–H and O–H groups in total. The molecule has 0 aromatic heterocycles. The molecule has 0 aromatic carbocycles. The van der Waals surface area contributed by atoms with Crippen LogP contribution in [0.3, 0.4) is 0 Å². The topological polar surface area (TPSA) is 6.48 Å². The monoisotopic (exact) mass is 280 g/mol. The Hall–Kier alpha value is -0.0800. The SMILES string of the molecule is CCN1CC(CC(C)C2CCCCN2C)CC1C(C)C. The smallest absolute Gasteiger partial charge is 0.0121 e. The van der Waals surface area contributed by atoms with Crippen LogP contribution in [0.5, 0.6) is 0 Å². The summed E-state index contributed by atoms with van der Waals surface area (Å²) in [5.74, 6) is 2.62. The Kier molecular flexibility index (Phi) is 5.92. The molecule has 118 valence electrons. The van der Waals surface area contributed by atoms with Gasteiger partial charge in [0.1, 0.15) is 0 Å². The van der Waals surface area contributed by atoms with Crippen LogP contribution < -0.4 is 0 Å². The van der Waals surface area contributed by atoms with Crippen LogP contribution in [0, 0.1) is 17.8 Å². The van der Waals surface area contributed by atoms with Crippen molar-refractivity contribution in [2.75, 3.05) is 26.7 Å². The third kappa shape index (κ3) is 3.76. The van der Waals surface area contributed by atoms with E-state index in [9.17, 15) is 0 Å². The van der Waals surface area contributed by atoms with E-state index < -0.39 is 0 Å². The van der Waals surface area contributed by atoms with Gasteiger partial charge in [0.05, 0.1) is 0 Å². The van der Waals surface area contributed by atoms with Crippen LogP contribution in [-0.2, 0) is 0 Å². The Bertz CT molecular complexity index is 289. The fourth-order valence-electron chi connectivity index (χ4n) is 4.76. The summed E-state index contributed by atoms with van der Waals surface area (Å²) >= 11 is 0. The van der Waals surface area contributed by atoms with E-state index in [-0.39, 0.29) is 0 Å². The van der Waals surface area contributed by atoms with Crippen LogP contribution in [0.15, 0.2) is 0 Å². The third-order valence-corrected chi connectivity index (χ3v) is 5.90. The first-order valence-electron chi connectivity index (χ1n) is 8.97. The zero-order chi connectivity index (χ0) is 14.7. The van der Waals surface area contributed by atoms with E-state index in [4.69, 9.17) is 0 Å². The molecule has 2 nitrogen and oxygen atoms in total. The van der Waals surface area contributed by atoms with Gasteiger partial charge in [0.15, 0.2) is 0 Å². The van der Waals surface area contributed by atoms with E-state index in [1.54, 1.807) is 0 Å². The van der Waals surface area contributed by atoms with Crippen molar-refractivity contribution in [2.24, 2.45) is 17.8 Å². The van der Waals surface area contributed by atoms with E-state index in [1.807, 2.05) is 0 Å². The Labute approximate surface area is 126 Å². The minimum absolute atomic E-state index is 0.813. The molecule has 0 radical (unpaired) electrons. The van der Waals surface area contributed by atoms with Crippen molar-refractivity contribution in [3.05, 3.63) is 0 Å². The minimum Gasteiger partial charge on any atom is -0.303 e. The largest absolute Gasteiger partial charge is 0.303 e. The summed E-state index contributed by atoms with van der Waals surface area (Å²) in [6, 6.07) is 1.68. The van der Waals surface area contributed by atoms with Crippen molar-refractivity contribution in [3.63, 3.8) is 0 Å². The molecule has 2 heteroatoms. The van der Waals surface area contributed by atoms with E-state index >= 15 is 0 Å². The van der Waals surface area contributed by atoms with Crippen molar-refractivity contribution in [2.45, 2.75) is 71.9 Å². The summed E-state index contributed by atoms with van der Waals surface area (Å²) in [6.07, 6.45) is 7.15. The highest BCUT2D eigenvalue weighted by molar-refractivity contribution is 4.89. The minimum atomic E-state index is 0.813. The predicted octanol–water partition coefficient (Wildman–Crippen LogP) is 3.86. The van der Waals surface area contributed by atoms with E-state index in [0.717, 1.165) is 29.8 Å². The number of hydrogen-bond acceptors (Lipinski definition) is 2. The highest BCUT2D eigenvalue weighted by atomic mass is 15.2. The first kappa shape index (κ1) is 16.3. The van der Waals surface area contributed by atoms with E-state index in [2.05, 4.69) is 44.5 Å². The van der Waals surface area contributed by atoms with Gasteiger partial charge in [0.2, 0.25) is 0 Å². The first-order chi connectivity index (χ1) is 9.52. The molecule has 0 spiro atoms. The lowest BCUT2D eigenvalue weighted by Crippen LogP contribution is -2.41. The van der Waals surface area contributed by atoms with Gasteiger partial charge >= 0.3 is 0 Å². The molecule has 2 aliphatic rings. The molecule has 0 aliphatic carbocycles. The van der Waals surface area contributed by atoms with Crippen molar-refractivity contribution < 1.29 is 0 Å². The Morgan fingerprint density at radius 3 is 2.40 bits per heavy atom. The first-order valence-corrected chi connectivity index (χ1v) is 8.97. The number of piperidine rings is 1. The molecule has 0 bridgehead atoms.